The van der Waals surface area contributed by atoms with Gasteiger partial charge in [-0.05, 0) is 36.0 Å². The van der Waals surface area contributed by atoms with E-state index in [1.807, 2.05) is 0 Å². The smallest absolute Gasteiger partial charge is 0.0234 e. The van der Waals surface area contributed by atoms with Gasteiger partial charge in [-0.25, -0.2) is 0 Å². The number of hydrogen-bond donors (Lipinski definition) is 0. The molecular formula is C14H18BrN. The van der Waals surface area contributed by atoms with Gasteiger partial charge in [0, 0.05) is 24.1 Å². The van der Waals surface area contributed by atoms with Gasteiger partial charge in [-0.1, -0.05) is 40.9 Å². The zero-order valence-electron chi connectivity index (χ0n) is 9.58. The highest BCUT2D eigenvalue weighted by atomic mass is 79.9. The lowest BCUT2D eigenvalue weighted by molar-refractivity contribution is -0.000257. The Morgan fingerprint density at radius 3 is 2.62 bits per heavy atom. The number of rotatable bonds is 2. The van der Waals surface area contributed by atoms with Crippen molar-refractivity contribution in [2.75, 3.05) is 13.1 Å². The molecule has 3 rings (SSSR count). The molecule has 0 amide bonds. The molecule has 0 bridgehead atoms. The van der Waals surface area contributed by atoms with E-state index in [0.29, 0.717) is 0 Å². The first-order chi connectivity index (χ1) is 7.76. The molecule has 0 aromatic heterocycles. The van der Waals surface area contributed by atoms with Crippen LogP contribution in [-0.2, 0) is 6.54 Å². The monoisotopic (exact) mass is 279 g/mol. The Morgan fingerprint density at radius 2 is 1.94 bits per heavy atom. The maximum Gasteiger partial charge on any atom is 0.0234 e. The van der Waals surface area contributed by atoms with E-state index in [4.69, 9.17) is 0 Å². The van der Waals surface area contributed by atoms with Crippen molar-refractivity contribution in [2.24, 2.45) is 5.41 Å². The Bertz CT molecular complexity index is 374. The zero-order chi connectivity index (χ0) is 11.0. The van der Waals surface area contributed by atoms with Gasteiger partial charge in [-0.15, -0.1) is 0 Å². The summed E-state index contributed by atoms with van der Waals surface area (Å²) < 4.78 is 1.20. The third kappa shape index (κ3) is 2.05. The molecule has 1 spiro atoms. The van der Waals surface area contributed by atoms with Crippen LogP contribution in [0.5, 0.6) is 0 Å². The second-order valence-electron chi connectivity index (χ2n) is 5.48. The number of benzene rings is 1. The van der Waals surface area contributed by atoms with Crippen LogP contribution in [0.25, 0.3) is 0 Å². The van der Waals surface area contributed by atoms with Gasteiger partial charge in [0.2, 0.25) is 0 Å². The molecule has 16 heavy (non-hydrogen) atoms. The minimum absolute atomic E-state index is 0.728. The Labute approximate surface area is 106 Å². The van der Waals surface area contributed by atoms with Crippen molar-refractivity contribution in [3.05, 3.63) is 34.3 Å². The van der Waals surface area contributed by atoms with Crippen molar-refractivity contribution in [3.63, 3.8) is 0 Å². The van der Waals surface area contributed by atoms with Gasteiger partial charge >= 0.3 is 0 Å². The van der Waals surface area contributed by atoms with E-state index in [1.54, 1.807) is 0 Å². The SMILES string of the molecule is Brc1cccc(CN2CC3(CCCC3)C2)c1. The molecular weight excluding hydrogens is 262 g/mol. The molecule has 1 heterocycles. The first-order valence-corrected chi connectivity index (χ1v) is 7.02. The van der Waals surface area contributed by atoms with Crippen molar-refractivity contribution in [1.29, 1.82) is 0 Å². The molecule has 2 fully saturated rings. The Morgan fingerprint density at radius 1 is 1.19 bits per heavy atom. The molecule has 1 saturated carbocycles. The first kappa shape index (κ1) is 10.8. The molecule has 0 atom stereocenters. The Kier molecular flexibility index (Phi) is 2.80. The van der Waals surface area contributed by atoms with Gasteiger partial charge < -0.3 is 0 Å². The normalized spacial score (nSPS) is 23.6. The molecule has 1 aromatic carbocycles. The fourth-order valence-electron chi connectivity index (χ4n) is 3.35. The zero-order valence-corrected chi connectivity index (χ0v) is 11.2. The highest BCUT2D eigenvalue weighted by molar-refractivity contribution is 9.10. The average molecular weight is 280 g/mol. The summed E-state index contributed by atoms with van der Waals surface area (Å²) in [7, 11) is 0. The average Bonchev–Trinajstić information content (AvgIpc) is 2.66. The summed E-state index contributed by atoms with van der Waals surface area (Å²) in [5.74, 6) is 0. The number of likely N-dealkylation sites (tertiary alicyclic amines) is 1. The molecule has 1 saturated heterocycles. The van der Waals surface area contributed by atoms with Gasteiger partial charge in [-0.3, -0.25) is 4.90 Å². The van der Waals surface area contributed by atoms with Crippen molar-refractivity contribution >= 4 is 15.9 Å². The lowest BCUT2D eigenvalue weighted by Crippen LogP contribution is -2.54. The maximum atomic E-state index is 3.53. The van der Waals surface area contributed by atoms with Crippen LogP contribution in [0.4, 0.5) is 0 Å². The third-order valence-corrected chi connectivity index (χ3v) is 4.57. The number of nitrogens with zero attached hydrogens (tertiary/aromatic N) is 1. The van der Waals surface area contributed by atoms with Crippen molar-refractivity contribution < 1.29 is 0 Å². The minimum Gasteiger partial charge on any atom is -0.298 e. The first-order valence-electron chi connectivity index (χ1n) is 6.23. The van der Waals surface area contributed by atoms with Gasteiger partial charge in [0.25, 0.3) is 0 Å². The summed E-state index contributed by atoms with van der Waals surface area (Å²) in [5.41, 5.74) is 2.16. The molecule has 1 aromatic rings. The van der Waals surface area contributed by atoms with Crippen LogP contribution >= 0.6 is 15.9 Å². The van der Waals surface area contributed by atoms with Crippen LogP contribution in [0.3, 0.4) is 0 Å². The van der Waals surface area contributed by atoms with Crippen LogP contribution in [0, 0.1) is 5.41 Å². The quantitative estimate of drug-likeness (QED) is 0.796. The van der Waals surface area contributed by atoms with E-state index in [1.165, 1.54) is 48.8 Å². The highest BCUT2D eigenvalue weighted by Crippen LogP contribution is 2.45. The third-order valence-electron chi connectivity index (χ3n) is 4.08. The maximum absolute atomic E-state index is 3.53. The van der Waals surface area contributed by atoms with Gasteiger partial charge in [0.05, 0.1) is 0 Å². The van der Waals surface area contributed by atoms with Crippen LogP contribution in [0.2, 0.25) is 0 Å². The molecule has 86 valence electrons. The summed E-state index contributed by atoms with van der Waals surface area (Å²) in [6, 6.07) is 8.69. The van der Waals surface area contributed by atoms with Crippen LogP contribution < -0.4 is 0 Å². The van der Waals surface area contributed by atoms with E-state index in [0.717, 1.165) is 12.0 Å². The highest BCUT2D eigenvalue weighted by Gasteiger charge is 2.44. The summed E-state index contributed by atoms with van der Waals surface area (Å²) in [4.78, 5) is 2.59. The van der Waals surface area contributed by atoms with Gasteiger partial charge in [0.15, 0.2) is 0 Å². The van der Waals surface area contributed by atoms with Crippen LogP contribution in [0.15, 0.2) is 28.7 Å². The fraction of sp³-hybridized carbons (Fsp3) is 0.571. The van der Waals surface area contributed by atoms with E-state index < -0.39 is 0 Å². The molecule has 1 aliphatic carbocycles. The Balaban J connectivity index is 1.58. The summed E-state index contributed by atoms with van der Waals surface area (Å²) in [5, 5.41) is 0. The second-order valence-corrected chi connectivity index (χ2v) is 6.40. The lowest BCUT2D eigenvalue weighted by atomic mass is 9.78. The van der Waals surface area contributed by atoms with Crippen molar-refractivity contribution in [2.45, 2.75) is 32.2 Å². The number of halogens is 1. The predicted octanol–water partition coefficient (Wildman–Crippen LogP) is 3.83. The molecule has 2 heteroatoms. The largest absolute Gasteiger partial charge is 0.298 e. The lowest BCUT2D eigenvalue weighted by Gasteiger charge is -2.48. The van der Waals surface area contributed by atoms with E-state index in [9.17, 15) is 0 Å². The second kappa shape index (κ2) is 4.15. The summed E-state index contributed by atoms with van der Waals surface area (Å²) >= 11 is 3.53. The topological polar surface area (TPSA) is 3.24 Å². The number of hydrogen-bond acceptors (Lipinski definition) is 1. The van der Waals surface area contributed by atoms with Gasteiger partial charge in [-0.2, -0.15) is 0 Å². The molecule has 2 aliphatic rings. The molecule has 0 unspecified atom stereocenters. The summed E-state index contributed by atoms with van der Waals surface area (Å²) in [6.45, 7) is 3.79. The van der Waals surface area contributed by atoms with Crippen LogP contribution in [0.1, 0.15) is 31.2 Å². The fourth-order valence-corrected chi connectivity index (χ4v) is 3.80. The van der Waals surface area contributed by atoms with Crippen LogP contribution in [-0.4, -0.2) is 18.0 Å². The standard InChI is InChI=1S/C14H18BrN/c15-13-5-3-4-12(8-13)9-16-10-14(11-16)6-1-2-7-14/h3-5,8H,1-2,6-7,9-11H2. The Hall–Kier alpha value is -0.340. The molecule has 1 nitrogen and oxygen atoms in total. The minimum atomic E-state index is 0.728. The molecule has 0 N–H and O–H groups in total. The van der Waals surface area contributed by atoms with Crippen molar-refractivity contribution in [1.82, 2.24) is 4.90 Å². The molecule has 0 radical (unpaired) electrons. The van der Waals surface area contributed by atoms with Gasteiger partial charge in [0.1, 0.15) is 0 Å². The predicted molar refractivity (Wildman–Crippen MR) is 70.3 cm³/mol. The summed E-state index contributed by atoms with van der Waals surface area (Å²) in [6.07, 6.45) is 5.87. The van der Waals surface area contributed by atoms with E-state index in [2.05, 4.69) is 45.1 Å². The van der Waals surface area contributed by atoms with Crippen molar-refractivity contribution in [3.8, 4) is 0 Å². The van der Waals surface area contributed by atoms with E-state index >= 15 is 0 Å². The van der Waals surface area contributed by atoms with E-state index in [-0.39, 0.29) is 0 Å². The molecule has 1 aliphatic heterocycles.